The van der Waals surface area contributed by atoms with Crippen LogP contribution in [0.4, 0.5) is 0 Å². The molecular formula is C13H30ClN3O2S. The Bertz CT molecular complexity index is 387. The van der Waals surface area contributed by atoms with Gasteiger partial charge in [-0.2, -0.15) is 0 Å². The molecule has 0 saturated carbocycles. The maximum atomic E-state index is 11.6. The molecule has 0 radical (unpaired) electrons. The first-order valence-electron chi connectivity index (χ1n) is 6.98. The molecule has 2 N–H and O–H groups in total. The van der Waals surface area contributed by atoms with E-state index in [2.05, 4.69) is 25.8 Å². The fourth-order valence-electron chi connectivity index (χ4n) is 2.78. The molecule has 0 aromatic carbocycles. The van der Waals surface area contributed by atoms with E-state index in [-0.39, 0.29) is 17.8 Å². The Labute approximate surface area is 130 Å². The summed E-state index contributed by atoms with van der Waals surface area (Å²) in [7, 11) is -0.946. The lowest BCUT2D eigenvalue weighted by Gasteiger charge is -2.35. The van der Waals surface area contributed by atoms with Gasteiger partial charge in [-0.3, -0.25) is 0 Å². The first-order chi connectivity index (χ1) is 8.64. The van der Waals surface area contributed by atoms with Crippen LogP contribution in [0, 0.1) is 11.3 Å². The van der Waals surface area contributed by atoms with Gasteiger partial charge in [-0.1, -0.05) is 13.8 Å². The lowest BCUT2D eigenvalue weighted by molar-refractivity contribution is 0.159. The minimum absolute atomic E-state index is 0. The standard InChI is InChI=1S/C13H29N3O2S.ClH/c1-13(2,10-14)11-15(3)8-12-6-5-7-16(9-12)19(4,17)18;/h12H,5-11,14H2,1-4H3;1H. The summed E-state index contributed by atoms with van der Waals surface area (Å²) in [4.78, 5) is 2.28. The number of rotatable bonds is 6. The molecule has 0 aliphatic carbocycles. The van der Waals surface area contributed by atoms with Crippen LogP contribution in [0.3, 0.4) is 0 Å². The average Bonchev–Trinajstić information content (AvgIpc) is 2.27. The van der Waals surface area contributed by atoms with Gasteiger partial charge in [0.2, 0.25) is 10.0 Å². The molecule has 0 spiro atoms. The highest BCUT2D eigenvalue weighted by molar-refractivity contribution is 7.88. The maximum Gasteiger partial charge on any atom is 0.211 e. The second-order valence-electron chi connectivity index (χ2n) is 6.69. The highest BCUT2D eigenvalue weighted by Crippen LogP contribution is 2.21. The molecule has 0 aromatic heterocycles. The van der Waals surface area contributed by atoms with Crippen LogP contribution in [-0.2, 0) is 10.0 Å². The number of nitrogens with zero attached hydrogens (tertiary/aromatic N) is 2. The molecule has 122 valence electrons. The number of nitrogens with two attached hydrogens (primary N) is 1. The molecule has 1 aliphatic heterocycles. The van der Waals surface area contributed by atoms with Crippen molar-refractivity contribution < 1.29 is 8.42 Å². The molecule has 1 heterocycles. The maximum absolute atomic E-state index is 11.6. The largest absolute Gasteiger partial charge is 0.330 e. The van der Waals surface area contributed by atoms with E-state index in [0.29, 0.717) is 25.6 Å². The van der Waals surface area contributed by atoms with Gasteiger partial charge in [0, 0.05) is 26.2 Å². The fraction of sp³-hybridized carbons (Fsp3) is 1.00. The molecule has 1 aliphatic rings. The second kappa shape index (κ2) is 7.94. The summed E-state index contributed by atoms with van der Waals surface area (Å²) in [6.07, 6.45) is 3.38. The van der Waals surface area contributed by atoms with Crippen LogP contribution < -0.4 is 5.73 Å². The summed E-state index contributed by atoms with van der Waals surface area (Å²) in [6, 6.07) is 0. The molecule has 0 bridgehead atoms. The third-order valence-electron chi connectivity index (χ3n) is 3.77. The Balaban J connectivity index is 0.00000361. The van der Waals surface area contributed by atoms with Crippen LogP contribution in [0.15, 0.2) is 0 Å². The average molecular weight is 328 g/mol. The van der Waals surface area contributed by atoms with Crippen molar-refractivity contribution in [3.63, 3.8) is 0 Å². The minimum atomic E-state index is -3.04. The van der Waals surface area contributed by atoms with E-state index in [4.69, 9.17) is 5.73 Å². The van der Waals surface area contributed by atoms with Crippen molar-refractivity contribution >= 4 is 22.4 Å². The highest BCUT2D eigenvalue weighted by Gasteiger charge is 2.27. The second-order valence-corrected chi connectivity index (χ2v) is 8.68. The molecule has 0 aromatic rings. The van der Waals surface area contributed by atoms with Gasteiger partial charge in [-0.05, 0) is 37.8 Å². The topological polar surface area (TPSA) is 66.6 Å². The summed E-state index contributed by atoms with van der Waals surface area (Å²) in [5.41, 5.74) is 5.86. The van der Waals surface area contributed by atoms with E-state index >= 15 is 0 Å². The lowest BCUT2D eigenvalue weighted by Crippen LogP contribution is -2.44. The van der Waals surface area contributed by atoms with Gasteiger partial charge in [0.05, 0.1) is 6.26 Å². The van der Waals surface area contributed by atoms with Crippen LogP contribution in [0.2, 0.25) is 0 Å². The Morgan fingerprint density at radius 1 is 1.40 bits per heavy atom. The van der Waals surface area contributed by atoms with Crippen LogP contribution in [0.5, 0.6) is 0 Å². The zero-order valence-electron chi connectivity index (χ0n) is 13.1. The highest BCUT2D eigenvalue weighted by atomic mass is 35.5. The molecule has 0 amide bonds. The zero-order chi connectivity index (χ0) is 14.7. The molecular weight excluding hydrogens is 298 g/mol. The Kier molecular flexibility index (Phi) is 7.99. The SMILES string of the molecule is CN(CC1CCCN(S(C)(=O)=O)C1)CC(C)(C)CN.Cl. The number of hydrogen-bond donors (Lipinski definition) is 1. The van der Waals surface area contributed by atoms with Crippen molar-refractivity contribution in [1.82, 2.24) is 9.21 Å². The van der Waals surface area contributed by atoms with E-state index in [0.717, 1.165) is 25.9 Å². The third kappa shape index (κ3) is 6.72. The number of sulfonamides is 1. The molecule has 1 atom stereocenters. The van der Waals surface area contributed by atoms with E-state index in [1.165, 1.54) is 6.26 Å². The third-order valence-corrected chi connectivity index (χ3v) is 5.04. The summed E-state index contributed by atoms with van der Waals surface area (Å²) >= 11 is 0. The summed E-state index contributed by atoms with van der Waals surface area (Å²) in [5, 5.41) is 0. The van der Waals surface area contributed by atoms with Gasteiger partial charge < -0.3 is 10.6 Å². The first kappa shape index (κ1) is 20.1. The number of piperidine rings is 1. The van der Waals surface area contributed by atoms with Crippen LogP contribution in [0.1, 0.15) is 26.7 Å². The monoisotopic (exact) mass is 327 g/mol. The van der Waals surface area contributed by atoms with Gasteiger partial charge in [0.25, 0.3) is 0 Å². The van der Waals surface area contributed by atoms with Crippen molar-refractivity contribution in [3.05, 3.63) is 0 Å². The molecule has 1 saturated heterocycles. The van der Waals surface area contributed by atoms with Gasteiger partial charge in [0.1, 0.15) is 0 Å². The smallest absolute Gasteiger partial charge is 0.211 e. The molecule has 7 heteroatoms. The van der Waals surface area contributed by atoms with Crippen LogP contribution in [-0.4, -0.2) is 63.7 Å². The summed E-state index contributed by atoms with van der Waals surface area (Å²) < 4.78 is 24.8. The quantitative estimate of drug-likeness (QED) is 0.790. The van der Waals surface area contributed by atoms with E-state index in [9.17, 15) is 8.42 Å². The van der Waals surface area contributed by atoms with Crippen molar-refractivity contribution in [2.24, 2.45) is 17.1 Å². The van der Waals surface area contributed by atoms with E-state index in [1.54, 1.807) is 4.31 Å². The van der Waals surface area contributed by atoms with Gasteiger partial charge in [-0.15, -0.1) is 12.4 Å². The van der Waals surface area contributed by atoms with Crippen LogP contribution in [0.25, 0.3) is 0 Å². The van der Waals surface area contributed by atoms with Crippen LogP contribution >= 0.6 is 12.4 Å². The van der Waals surface area contributed by atoms with Crippen molar-refractivity contribution in [2.75, 3.05) is 46.0 Å². The van der Waals surface area contributed by atoms with Gasteiger partial charge in [-0.25, -0.2) is 12.7 Å². The van der Waals surface area contributed by atoms with Crippen molar-refractivity contribution in [1.29, 1.82) is 0 Å². The number of hydrogen-bond acceptors (Lipinski definition) is 4. The van der Waals surface area contributed by atoms with E-state index in [1.807, 2.05) is 0 Å². The lowest BCUT2D eigenvalue weighted by atomic mass is 9.92. The Morgan fingerprint density at radius 2 is 2.00 bits per heavy atom. The predicted molar refractivity (Wildman–Crippen MR) is 86.7 cm³/mol. The predicted octanol–water partition coefficient (Wildman–Crippen LogP) is 0.997. The normalized spacial score (nSPS) is 21.8. The van der Waals surface area contributed by atoms with Crippen molar-refractivity contribution in [2.45, 2.75) is 26.7 Å². The van der Waals surface area contributed by atoms with E-state index < -0.39 is 10.0 Å². The molecule has 1 unspecified atom stereocenters. The first-order valence-corrected chi connectivity index (χ1v) is 8.82. The zero-order valence-corrected chi connectivity index (χ0v) is 14.8. The summed E-state index contributed by atoms with van der Waals surface area (Å²) in [5.74, 6) is 0.432. The Hall–Kier alpha value is 0.120. The molecule has 20 heavy (non-hydrogen) atoms. The number of halogens is 1. The summed E-state index contributed by atoms with van der Waals surface area (Å²) in [6.45, 7) is 8.20. The Morgan fingerprint density at radius 3 is 2.50 bits per heavy atom. The molecule has 1 rings (SSSR count). The molecule has 5 nitrogen and oxygen atoms in total. The van der Waals surface area contributed by atoms with Gasteiger partial charge >= 0.3 is 0 Å². The minimum Gasteiger partial charge on any atom is -0.330 e. The van der Waals surface area contributed by atoms with Gasteiger partial charge in [0.15, 0.2) is 0 Å². The molecule has 1 fully saturated rings. The fourth-order valence-corrected chi connectivity index (χ4v) is 3.72. The van der Waals surface area contributed by atoms with Crippen molar-refractivity contribution in [3.8, 4) is 0 Å².